The lowest BCUT2D eigenvalue weighted by atomic mass is 9.95. The minimum absolute atomic E-state index is 0.0782. The molecule has 1 amide bonds. The predicted octanol–water partition coefficient (Wildman–Crippen LogP) is 3.49. The van der Waals surface area contributed by atoms with Crippen molar-refractivity contribution in [1.29, 1.82) is 0 Å². The molecule has 1 atom stereocenters. The van der Waals surface area contributed by atoms with E-state index in [1.807, 2.05) is 45.9 Å². The van der Waals surface area contributed by atoms with E-state index in [9.17, 15) is 14.4 Å². The number of para-hydroxylation sites is 1. The van der Waals surface area contributed by atoms with E-state index in [0.29, 0.717) is 35.6 Å². The van der Waals surface area contributed by atoms with E-state index in [-0.39, 0.29) is 36.5 Å². The van der Waals surface area contributed by atoms with Crippen LogP contribution in [0.2, 0.25) is 0 Å². The summed E-state index contributed by atoms with van der Waals surface area (Å²) in [5, 5.41) is 3.47. The molecule has 1 aromatic heterocycles. The lowest BCUT2D eigenvalue weighted by molar-refractivity contribution is -0.122. The molecule has 0 fully saturated rings. The van der Waals surface area contributed by atoms with E-state index < -0.39 is 5.69 Å². The van der Waals surface area contributed by atoms with Crippen molar-refractivity contribution in [3.8, 4) is 11.5 Å². The first-order valence-electron chi connectivity index (χ1n) is 11.7. The summed E-state index contributed by atoms with van der Waals surface area (Å²) in [4.78, 5) is 38.8. The molecular weight excluding hydrogens is 434 g/mol. The lowest BCUT2D eigenvalue weighted by Crippen LogP contribution is -2.43. The highest BCUT2D eigenvalue weighted by atomic mass is 16.5. The van der Waals surface area contributed by atoms with Crippen molar-refractivity contribution in [3.05, 3.63) is 68.9 Å². The number of carbonyl (C=O) groups is 1. The molecular formula is C26H33N3O5. The molecule has 0 saturated heterocycles. The predicted molar refractivity (Wildman–Crippen MR) is 133 cm³/mol. The topological polar surface area (TPSA) is 91.6 Å². The lowest BCUT2D eigenvalue weighted by Gasteiger charge is -2.24. The Balaban J connectivity index is 1.94. The Bertz CT molecular complexity index is 1280. The standard InChI is InChI=1S/C26H33N3O5/c1-6-28-25(31)19-11-9-10-12-20(19)29(26(28)32)16-23(30)27-24(17(4)5)18-13-14-21(33-7-2)22(15-18)34-8-3/h9-15,17,24H,6-8,16H2,1-5H3,(H,27,30). The molecule has 0 bridgehead atoms. The molecule has 1 heterocycles. The average Bonchev–Trinajstić information content (AvgIpc) is 2.82. The van der Waals surface area contributed by atoms with Gasteiger partial charge in [-0.15, -0.1) is 0 Å². The Morgan fingerprint density at radius 1 is 0.941 bits per heavy atom. The van der Waals surface area contributed by atoms with Crippen LogP contribution in [-0.4, -0.2) is 28.3 Å². The molecule has 0 aliphatic carbocycles. The first kappa shape index (κ1) is 25.1. The van der Waals surface area contributed by atoms with Gasteiger partial charge in [-0.25, -0.2) is 4.79 Å². The van der Waals surface area contributed by atoms with Crippen LogP contribution in [0.4, 0.5) is 0 Å². The molecule has 0 aliphatic rings. The van der Waals surface area contributed by atoms with E-state index >= 15 is 0 Å². The zero-order chi connectivity index (χ0) is 24.8. The van der Waals surface area contributed by atoms with Crippen molar-refractivity contribution in [3.63, 3.8) is 0 Å². The van der Waals surface area contributed by atoms with Crippen LogP contribution in [0.1, 0.15) is 46.2 Å². The van der Waals surface area contributed by atoms with Gasteiger partial charge in [-0.1, -0.05) is 32.0 Å². The minimum atomic E-state index is -0.498. The van der Waals surface area contributed by atoms with Crippen molar-refractivity contribution >= 4 is 16.8 Å². The van der Waals surface area contributed by atoms with Crippen LogP contribution in [0.25, 0.3) is 10.9 Å². The third-order valence-electron chi connectivity index (χ3n) is 5.66. The molecule has 0 saturated carbocycles. The molecule has 3 aromatic rings. The van der Waals surface area contributed by atoms with Gasteiger partial charge in [0.2, 0.25) is 5.91 Å². The monoisotopic (exact) mass is 467 g/mol. The van der Waals surface area contributed by atoms with Gasteiger partial charge in [-0.05, 0) is 56.5 Å². The maximum absolute atomic E-state index is 13.1. The highest BCUT2D eigenvalue weighted by Crippen LogP contribution is 2.33. The number of carbonyl (C=O) groups excluding carboxylic acids is 1. The summed E-state index contributed by atoms with van der Waals surface area (Å²) in [7, 11) is 0. The SMILES string of the molecule is CCOc1ccc(C(NC(=O)Cn2c(=O)n(CC)c(=O)c3ccccc32)C(C)C)cc1OCC. The molecule has 1 N–H and O–H groups in total. The molecule has 34 heavy (non-hydrogen) atoms. The second-order valence-electron chi connectivity index (χ2n) is 8.30. The van der Waals surface area contributed by atoms with Gasteiger partial charge in [-0.3, -0.25) is 18.7 Å². The van der Waals surface area contributed by atoms with Crippen LogP contribution in [0.5, 0.6) is 11.5 Å². The maximum Gasteiger partial charge on any atom is 0.331 e. The fourth-order valence-electron chi connectivity index (χ4n) is 4.06. The Morgan fingerprint density at radius 2 is 1.62 bits per heavy atom. The van der Waals surface area contributed by atoms with Crippen molar-refractivity contribution < 1.29 is 14.3 Å². The van der Waals surface area contributed by atoms with Gasteiger partial charge in [0.25, 0.3) is 5.56 Å². The van der Waals surface area contributed by atoms with Crippen LogP contribution in [0.3, 0.4) is 0 Å². The summed E-state index contributed by atoms with van der Waals surface area (Å²) in [6.07, 6.45) is 0. The van der Waals surface area contributed by atoms with Gasteiger partial charge in [-0.2, -0.15) is 0 Å². The van der Waals surface area contributed by atoms with Gasteiger partial charge in [0.15, 0.2) is 11.5 Å². The fourth-order valence-corrected chi connectivity index (χ4v) is 4.06. The average molecular weight is 468 g/mol. The van der Waals surface area contributed by atoms with Gasteiger partial charge in [0.05, 0.1) is 30.2 Å². The van der Waals surface area contributed by atoms with E-state index in [0.717, 1.165) is 10.1 Å². The second-order valence-corrected chi connectivity index (χ2v) is 8.30. The molecule has 8 heteroatoms. The molecule has 3 rings (SSSR count). The quantitative estimate of drug-likeness (QED) is 0.493. The first-order chi connectivity index (χ1) is 16.3. The Morgan fingerprint density at radius 3 is 2.26 bits per heavy atom. The van der Waals surface area contributed by atoms with E-state index in [1.165, 1.54) is 4.57 Å². The Kier molecular flexibility index (Phi) is 8.15. The van der Waals surface area contributed by atoms with Crippen LogP contribution >= 0.6 is 0 Å². The molecule has 2 aromatic carbocycles. The Hall–Kier alpha value is -3.55. The number of amides is 1. The normalized spacial score (nSPS) is 12.1. The number of hydrogen-bond acceptors (Lipinski definition) is 5. The molecule has 182 valence electrons. The number of nitrogens with one attached hydrogen (secondary N) is 1. The van der Waals surface area contributed by atoms with Crippen molar-refractivity contribution in [2.75, 3.05) is 13.2 Å². The highest BCUT2D eigenvalue weighted by molar-refractivity contribution is 5.81. The van der Waals surface area contributed by atoms with Crippen molar-refractivity contribution in [2.45, 2.75) is 53.8 Å². The molecule has 0 radical (unpaired) electrons. The number of rotatable bonds is 10. The third-order valence-corrected chi connectivity index (χ3v) is 5.66. The number of ether oxygens (including phenoxy) is 2. The summed E-state index contributed by atoms with van der Waals surface area (Å²) in [6.45, 7) is 10.6. The van der Waals surface area contributed by atoms with Crippen LogP contribution in [0.15, 0.2) is 52.1 Å². The number of benzene rings is 2. The number of fused-ring (bicyclic) bond motifs is 1. The number of aromatic nitrogens is 2. The van der Waals surface area contributed by atoms with E-state index in [4.69, 9.17) is 9.47 Å². The smallest absolute Gasteiger partial charge is 0.331 e. The minimum Gasteiger partial charge on any atom is -0.490 e. The fraction of sp³-hybridized carbons (Fsp3) is 0.423. The molecule has 0 spiro atoms. The largest absolute Gasteiger partial charge is 0.490 e. The van der Waals surface area contributed by atoms with Crippen LogP contribution in [0, 0.1) is 5.92 Å². The zero-order valence-electron chi connectivity index (χ0n) is 20.5. The first-order valence-corrected chi connectivity index (χ1v) is 11.7. The van der Waals surface area contributed by atoms with Gasteiger partial charge >= 0.3 is 5.69 Å². The molecule has 1 unspecified atom stereocenters. The summed E-state index contributed by atoms with van der Waals surface area (Å²) in [5.41, 5.74) is 0.476. The van der Waals surface area contributed by atoms with Gasteiger partial charge in [0, 0.05) is 6.54 Å². The number of hydrogen-bond donors (Lipinski definition) is 1. The summed E-state index contributed by atoms with van der Waals surface area (Å²) in [6, 6.07) is 12.2. The summed E-state index contributed by atoms with van der Waals surface area (Å²) in [5.74, 6) is 1.04. The number of nitrogens with zero attached hydrogens (tertiary/aromatic N) is 2. The van der Waals surface area contributed by atoms with Crippen molar-refractivity contribution in [1.82, 2.24) is 14.5 Å². The van der Waals surface area contributed by atoms with Crippen LogP contribution < -0.4 is 26.0 Å². The van der Waals surface area contributed by atoms with Gasteiger partial charge in [0.1, 0.15) is 6.54 Å². The maximum atomic E-state index is 13.1. The highest BCUT2D eigenvalue weighted by Gasteiger charge is 2.22. The van der Waals surface area contributed by atoms with E-state index in [2.05, 4.69) is 5.32 Å². The summed E-state index contributed by atoms with van der Waals surface area (Å²) < 4.78 is 13.9. The third kappa shape index (κ3) is 5.16. The molecule has 8 nitrogen and oxygen atoms in total. The summed E-state index contributed by atoms with van der Waals surface area (Å²) >= 11 is 0. The molecule has 0 aliphatic heterocycles. The van der Waals surface area contributed by atoms with Crippen molar-refractivity contribution in [2.24, 2.45) is 5.92 Å². The van der Waals surface area contributed by atoms with Crippen LogP contribution in [-0.2, 0) is 17.9 Å². The van der Waals surface area contributed by atoms with E-state index in [1.54, 1.807) is 31.2 Å². The van der Waals surface area contributed by atoms with Gasteiger partial charge < -0.3 is 14.8 Å². The Labute approximate surface area is 199 Å². The zero-order valence-corrected chi connectivity index (χ0v) is 20.5. The second kappa shape index (κ2) is 11.0.